The van der Waals surface area contributed by atoms with E-state index < -0.39 is 5.97 Å². The molecule has 2 aliphatic heterocycles. The smallest absolute Gasteiger partial charge is 0.323 e. The second kappa shape index (κ2) is 8.11. The van der Waals surface area contributed by atoms with Crippen LogP contribution in [-0.4, -0.2) is 58.8 Å². The number of carboxylic acids is 1. The summed E-state index contributed by atoms with van der Waals surface area (Å²) >= 11 is 0. The Labute approximate surface area is 199 Å². The van der Waals surface area contributed by atoms with E-state index in [2.05, 4.69) is 0 Å². The average Bonchev–Trinajstić information content (AvgIpc) is 3.58. The topological polar surface area (TPSA) is 107 Å². The van der Waals surface area contributed by atoms with Gasteiger partial charge in [-0.3, -0.25) is 15.0 Å². The first-order valence-electron chi connectivity index (χ1n) is 11.8. The van der Waals surface area contributed by atoms with E-state index in [0.29, 0.717) is 48.3 Å². The van der Waals surface area contributed by atoms with E-state index in [4.69, 9.17) is 15.1 Å². The number of hydrogen-bond acceptors (Lipinski definition) is 6. The number of anilines is 1. The second-order valence-corrected chi connectivity index (χ2v) is 10.4. The van der Waals surface area contributed by atoms with Crippen LogP contribution in [0, 0.1) is 5.41 Å². The van der Waals surface area contributed by atoms with Gasteiger partial charge in [0.25, 0.3) is 0 Å². The molecule has 2 N–H and O–H groups in total. The fraction of sp³-hybridized carbons (Fsp3) is 0.462. The van der Waals surface area contributed by atoms with Gasteiger partial charge in [0.2, 0.25) is 0 Å². The molecule has 1 aliphatic carbocycles. The average molecular weight is 463 g/mol. The van der Waals surface area contributed by atoms with Gasteiger partial charge in [-0.15, -0.1) is 0 Å². The van der Waals surface area contributed by atoms with Gasteiger partial charge < -0.3 is 19.6 Å². The molecule has 0 saturated heterocycles. The van der Waals surface area contributed by atoms with Crippen molar-refractivity contribution >= 4 is 23.3 Å². The number of aliphatic carboxylic acids is 1. The maximum absolute atomic E-state index is 13.4. The summed E-state index contributed by atoms with van der Waals surface area (Å²) in [5.74, 6) is 0.402. The molecule has 0 spiro atoms. The zero-order chi connectivity index (χ0) is 24.2. The SMILES string of the molecule is CC(C)(C)c1cc(C(=O)CN2Cc3ccc(C4CC4)nc3C2=N)cc2c1OCCN2CC(=O)O. The normalized spacial score (nSPS) is 17.3. The van der Waals surface area contributed by atoms with E-state index in [0.717, 1.165) is 29.7 Å². The van der Waals surface area contributed by atoms with E-state index in [9.17, 15) is 14.7 Å². The first-order valence-corrected chi connectivity index (χ1v) is 11.8. The molecule has 5 rings (SSSR count). The van der Waals surface area contributed by atoms with Crippen molar-refractivity contribution in [2.24, 2.45) is 0 Å². The largest absolute Gasteiger partial charge is 0.489 e. The number of nitrogens with zero attached hydrogens (tertiary/aromatic N) is 3. The lowest BCUT2D eigenvalue weighted by molar-refractivity contribution is -0.135. The first-order chi connectivity index (χ1) is 16.1. The summed E-state index contributed by atoms with van der Waals surface area (Å²) in [5, 5.41) is 18.0. The summed E-state index contributed by atoms with van der Waals surface area (Å²) in [6.07, 6.45) is 2.30. The summed E-state index contributed by atoms with van der Waals surface area (Å²) < 4.78 is 5.96. The molecule has 1 aromatic carbocycles. The Morgan fingerprint density at radius 1 is 1.18 bits per heavy atom. The van der Waals surface area contributed by atoms with Crippen LogP contribution in [-0.2, 0) is 16.8 Å². The van der Waals surface area contributed by atoms with Gasteiger partial charge in [0.05, 0.1) is 18.8 Å². The Morgan fingerprint density at radius 2 is 1.94 bits per heavy atom. The number of benzene rings is 1. The Morgan fingerprint density at radius 3 is 2.62 bits per heavy atom. The van der Waals surface area contributed by atoms with Crippen LogP contribution in [0.25, 0.3) is 0 Å². The highest BCUT2D eigenvalue weighted by Crippen LogP contribution is 2.42. The van der Waals surface area contributed by atoms with Crippen molar-refractivity contribution in [3.05, 3.63) is 52.3 Å². The maximum Gasteiger partial charge on any atom is 0.323 e. The van der Waals surface area contributed by atoms with Gasteiger partial charge in [-0.05, 0) is 36.5 Å². The van der Waals surface area contributed by atoms with Crippen LogP contribution >= 0.6 is 0 Å². The van der Waals surface area contributed by atoms with Crippen molar-refractivity contribution in [3.8, 4) is 5.75 Å². The van der Waals surface area contributed by atoms with Crippen LogP contribution in [0.2, 0.25) is 0 Å². The minimum absolute atomic E-state index is 0.0656. The molecule has 0 bridgehead atoms. The molecule has 0 atom stereocenters. The number of aromatic nitrogens is 1. The highest BCUT2D eigenvalue weighted by atomic mass is 16.5. The first kappa shape index (κ1) is 22.4. The summed E-state index contributed by atoms with van der Waals surface area (Å²) in [5.41, 5.74) is 4.41. The highest BCUT2D eigenvalue weighted by molar-refractivity contribution is 6.05. The van der Waals surface area contributed by atoms with Gasteiger partial charge in [0.1, 0.15) is 30.4 Å². The molecule has 1 saturated carbocycles. The Hall–Kier alpha value is -3.42. The fourth-order valence-electron chi connectivity index (χ4n) is 4.70. The number of fused-ring (bicyclic) bond motifs is 2. The van der Waals surface area contributed by atoms with Gasteiger partial charge >= 0.3 is 5.97 Å². The van der Waals surface area contributed by atoms with Crippen molar-refractivity contribution in [1.29, 1.82) is 5.41 Å². The Bertz CT molecular complexity index is 1200. The molecule has 3 aliphatic rings. The summed E-state index contributed by atoms with van der Waals surface area (Å²) in [6.45, 7) is 7.39. The number of carboxylic acid groups (broad SMARTS) is 1. The lowest BCUT2D eigenvalue weighted by atomic mass is 9.84. The zero-order valence-corrected chi connectivity index (χ0v) is 19.9. The number of nitrogens with one attached hydrogen (secondary N) is 1. The standard InChI is InChI=1S/C26H30N4O4/c1-26(2,3)18-10-17(11-20-24(18)34-9-8-29(20)14-22(32)33)21(31)13-30-12-16-6-7-19(15-4-5-15)28-23(16)25(30)27/h6-7,10-11,15,27H,4-5,8-9,12-14H2,1-3H3,(H,32,33). The van der Waals surface area contributed by atoms with Gasteiger partial charge in [0.15, 0.2) is 5.78 Å². The minimum atomic E-state index is -0.928. The number of rotatable bonds is 6. The van der Waals surface area contributed by atoms with Crippen molar-refractivity contribution in [2.45, 2.75) is 51.5 Å². The second-order valence-electron chi connectivity index (χ2n) is 10.4. The Balaban J connectivity index is 1.43. The number of carbonyl (C=O) groups is 2. The van der Waals surface area contributed by atoms with Crippen LogP contribution in [0.1, 0.15) is 72.4 Å². The van der Waals surface area contributed by atoms with Crippen molar-refractivity contribution in [2.75, 3.05) is 31.1 Å². The molecule has 0 unspecified atom stereocenters. The number of carbonyl (C=O) groups excluding carboxylic acids is 1. The molecule has 1 fully saturated rings. The molecule has 0 radical (unpaired) electrons. The van der Waals surface area contributed by atoms with Crippen molar-refractivity contribution in [1.82, 2.24) is 9.88 Å². The summed E-state index contributed by atoms with van der Waals surface area (Å²) in [7, 11) is 0. The minimum Gasteiger partial charge on any atom is -0.489 e. The molecule has 8 heteroatoms. The van der Waals surface area contributed by atoms with E-state index in [1.165, 1.54) is 0 Å². The maximum atomic E-state index is 13.4. The number of amidine groups is 1. The zero-order valence-electron chi connectivity index (χ0n) is 19.9. The summed E-state index contributed by atoms with van der Waals surface area (Å²) in [4.78, 5) is 33.1. The third kappa shape index (κ3) is 4.13. The molecule has 178 valence electrons. The summed E-state index contributed by atoms with van der Waals surface area (Å²) in [6, 6.07) is 7.69. The van der Waals surface area contributed by atoms with E-state index in [1.54, 1.807) is 15.9 Å². The number of pyridine rings is 1. The molecule has 3 heterocycles. The molecular weight excluding hydrogens is 432 g/mol. The fourth-order valence-corrected chi connectivity index (χ4v) is 4.70. The van der Waals surface area contributed by atoms with Crippen LogP contribution in [0.4, 0.5) is 5.69 Å². The van der Waals surface area contributed by atoms with E-state index >= 15 is 0 Å². The third-order valence-electron chi connectivity index (χ3n) is 6.71. The lowest BCUT2D eigenvalue weighted by Crippen LogP contribution is -2.38. The number of hydrogen-bond donors (Lipinski definition) is 2. The number of Topliss-reactive ketones (excluding diaryl/α,β-unsaturated/α-hetero) is 1. The quantitative estimate of drug-likeness (QED) is 0.632. The monoisotopic (exact) mass is 462 g/mol. The highest BCUT2D eigenvalue weighted by Gasteiger charge is 2.33. The number of ether oxygens (including phenoxy) is 1. The van der Waals surface area contributed by atoms with Gasteiger partial charge in [-0.25, -0.2) is 4.98 Å². The van der Waals surface area contributed by atoms with Crippen LogP contribution in [0.3, 0.4) is 0 Å². The molecular formula is C26H30N4O4. The van der Waals surface area contributed by atoms with Gasteiger partial charge in [0, 0.05) is 34.8 Å². The molecule has 2 aromatic rings. The predicted octanol–water partition coefficient (Wildman–Crippen LogP) is 3.56. The molecule has 0 amide bonds. The predicted molar refractivity (Wildman–Crippen MR) is 128 cm³/mol. The van der Waals surface area contributed by atoms with E-state index in [1.807, 2.05) is 39.0 Å². The van der Waals surface area contributed by atoms with Gasteiger partial charge in [-0.1, -0.05) is 26.8 Å². The molecule has 8 nitrogen and oxygen atoms in total. The van der Waals surface area contributed by atoms with E-state index in [-0.39, 0.29) is 30.1 Å². The lowest BCUT2D eigenvalue weighted by Gasteiger charge is -2.34. The van der Waals surface area contributed by atoms with Gasteiger partial charge in [-0.2, -0.15) is 0 Å². The van der Waals surface area contributed by atoms with Crippen LogP contribution in [0.5, 0.6) is 5.75 Å². The Kier molecular flexibility index (Phi) is 5.34. The van der Waals surface area contributed by atoms with Crippen LogP contribution in [0.15, 0.2) is 24.3 Å². The van der Waals surface area contributed by atoms with Crippen molar-refractivity contribution < 1.29 is 19.4 Å². The molecule has 1 aromatic heterocycles. The number of ketones is 1. The third-order valence-corrected chi connectivity index (χ3v) is 6.71. The molecule has 34 heavy (non-hydrogen) atoms. The van der Waals surface area contributed by atoms with Crippen molar-refractivity contribution in [3.63, 3.8) is 0 Å². The van der Waals surface area contributed by atoms with Crippen LogP contribution < -0.4 is 9.64 Å².